The minimum atomic E-state index is -0.575. The molecular weight excluding hydrogens is 155 g/mol. The van der Waals surface area contributed by atoms with Gasteiger partial charge in [0.15, 0.2) is 11.6 Å². The van der Waals surface area contributed by atoms with Gasteiger partial charge in [-0.1, -0.05) is 24.3 Å². The SMILES string of the molecule is Oc1cc2ccccc2cc1F. The summed E-state index contributed by atoms with van der Waals surface area (Å²) in [6, 6.07) is 10.1. The first-order chi connectivity index (χ1) is 5.77. The van der Waals surface area contributed by atoms with Crippen molar-refractivity contribution in [1.29, 1.82) is 0 Å². The molecular formula is C10H7FO. The average Bonchev–Trinajstić information content (AvgIpc) is 2.07. The van der Waals surface area contributed by atoms with Crippen LogP contribution in [0.15, 0.2) is 36.4 Å². The number of benzene rings is 2. The number of hydrogen-bond donors (Lipinski definition) is 1. The van der Waals surface area contributed by atoms with E-state index in [0.717, 1.165) is 10.8 Å². The quantitative estimate of drug-likeness (QED) is 0.631. The Balaban J connectivity index is 2.84. The van der Waals surface area contributed by atoms with Crippen LogP contribution in [0.5, 0.6) is 5.75 Å². The van der Waals surface area contributed by atoms with Crippen LogP contribution < -0.4 is 0 Å². The van der Waals surface area contributed by atoms with Crippen LogP contribution >= 0.6 is 0 Å². The molecule has 0 bridgehead atoms. The van der Waals surface area contributed by atoms with Crippen LogP contribution in [0.25, 0.3) is 10.8 Å². The predicted octanol–water partition coefficient (Wildman–Crippen LogP) is 2.68. The second-order valence-corrected chi connectivity index (χ2v) is 2.65. The molecule has 2 rings (SSSR count). The first-order valence-corrected chi connectivity index (χ1v) is 3.64. The number of halogens is 1. The smallest absolute Gasteiger partial charge is 0.165 e. The summed E-state index contributed by atoms with van der Waals surface area (Å²) < 4.78 is 12.8. The fraction of sp³-hybridized carbons (Fsp3) is 0. The molecule has 2 heteroatoms. The first kappa shape index (κ1) is 7.10. The van der Waals surface area contributed by atoms with Crippen molar-refractivity contribution in [3.05, 3.63) is 42.2 Å². The second-order valence-electron chi connectivity index (χ2n) is 2.65. The molecule has 0 saturated carbocycles. The van der Waals surface area contributed by atoms with Gasteiger partial charge in [0, 0.05) is 0 Å². The average molecular weight is 162 g/mol. The molecule has 0 unspecified atom stereocenters. The van der Waals surface area contributed by atoms with Crippen LogP contribution in [0.1, 0.15) is 0 Å². The van der Waals surface area contributed by atoms with E-state index in [1.54, 1.807) is 6.07 Å². The molecule has 0 aliphatic rings. The molecule has 0 saturated heterocycles. The number of hydrogen-bond acceptors (Lipinski definition) is 1. The van der Waals surface area contributed by atoms with Crippen LogP contribution in [-0.4, -0.2) is 5.11 Å². The van der Waals surface area contributed by atoms with Gasteiger partial charge in [-0.25, -0.2) is 4.39 Å². The molecule has 0 aliphatic carbocycles. The molecule has 0 atom stereocenters. The molecule has 12 heavy (non-hydrogen) atoms. The van der Waals surface area contributed by atoms with E-state index in [0.29, 0.717) is 0 Å². The lowest BCUT2D eigenvalue weighted by Gasteiger charge is -1.98. The van der Waals surface area contributed by atoms with Gasteiger partial charge in [0.25, 0.3) is 0 Å². The summed E-state index contributed by atoms with van der Waals surface area (Å²) in [6.45, 7) is 0. The molecule has 1 N–H and O–H groups in total. The van der Waals surface area contributed by atoms with Crippen molar-refractivity contribution >= 4 is 10.8 Å². The second kappa shape index (κ2) is 2.48. The number of phenols is 1. The monoisotopic (exact) mass is 162 g/mol. The van der Waals surface area contributed by atoms with E-state index in [1.807, 2.05) is 18.2 Å². The predicted molar refractivity (Wildman–Crippen MR) is 45.6 cm³/mol. The Morgan fingerprint density at radius 2 is 1.58 bits per heavy atom. The number of phenolic OH excluding ortho intramolecular Hbond substituents is 1. The molecule has 1 nitrogen and oxygen atoms in total. The van der Waals surface area contributed by atoms with E-state index in [4.69, 9.17) is 5.11 Å². The maximum absolute atomic E-state index is 12.8. The van der Waals surface area contributed by atoms with E-state index in [9.17, 15) is 4.39 Å². The lowest BCUT2D eigenvalue weighted by atomic mass is 10.1. The van der Waals surface area contributed by atoms with Crippen molar-refractivity contribution in [3.8, 4) is 5.75 Å². The van der Waals surface area contributed by atoms with E-state index < -0.39 is 5.82 Å². The first-order valence-electron chi connectivity index (χ1n) is 3.64. The fourth-order valence-electron chi connectivity index (χ4n) is 1.20. The molecule has 60 valence electrons. The largest absolute Gasteiger partial charge is 0.505 e. The molecule has 2 aromatic rings. The molecule has 0 aliphatic heterocycles. The highest BCUT2D eigenvalue weighted by Gasteiger charge is 2.00. The maximum Gasteiger partial charge on any atom is 0.165 e. The van der Waals surface area contributed by atoms with Gasteiger partial charge >= 0.3 is 0 Å². The summed E-state index contributed by atoms with van der Waals surface area (Å²) in [6.07, 6.45) is 0. The highest BCUT2D eigenvalue weighted by Crippen LogP contribution is 2.22. The van der Waals surface area contributed by atoms with E-state index in [1.165, 1.54) is 12.1 Å². The Bertz CT molecular complexity index is 383. The van der Waals surface area contributed by atoms with Crippen LogP contribution in [0.3, 0.4) is 0 Å². The summed E-state index contributed by atoms with van der Waals surface area (Å²) in [4.78, 5) is 0. The highest BCUT2D eigenvalue weighted by molar-refractivity contribution is 5.83. The van der Waals surface area contributed by atoms with Gasteiger partial charge in [-0.05, 0) is 22.9 Å². The van der Waals surface area contributed by atoms with Gasteiger partial charge in [-0.2, -0.15) is 0 Å². The van der Waals surface area contributed by atoms with Crippen molar-refractivity contribution in [2.24, 2.45) is 0 Å². The Kier molecular flexibility index (Phi) is 1.47. The molecule has 0 spiro atoms. The summed E-state index contributed by atoms with van der Waals surface area (Å²) in [7, 11) is 0. The third-order valence-electron chi connectivity index (χ3n) is 1.82. The Morgan fingerprint density at radius 1 is 1.00 bits per heavy atom. The minimum Gasteiger partial charge on any atom is -0.505 e. The van der Waals surface area contributed by atoms with Gasteiger partial charge in [-0.15, -0.1) is 0 Å². The molecule has 0 aromatic heterocycles. The Morgan fingerprint density at radius 3 is 2.25 bits per heavy atom. The zero-order valence-corrected chi connectivity index (χ0v) is 6.29. The summed E-state index contributed by atoms with van der Waals surface area (Å²) >= 11 is 0. The maximum atomic E-state index is 12.8. The van der Waals surface area contributed by atoms with E-state index >= 15 is 0 Å². The van der Waals surface area contributed by atoms with Crippen molar-refractivity contribution < 1.29 is 9.50 Å². The zero-order chi connectivity index (χ0) is 8.55. The summed E-state index contributed by atoms with van der Waals surface area (Å²) in [5, 5.41) is 10.7. The molecule has 0 heterocycles. The number of aromatic hydroxyl groups is 1. The van der Waals surface area contributed by atoms with E-state index in [-0.39, 0.29) is 5.75 Å². The zero-order valence-electron chi connectivity index (χ0n) is 6.29. The standard InChI is InChI=1S/C10H7FO/c11-9-5-7-3-1-2-4-8(7)6-10(9)12/h1-6,12H. The van der Waals surface area contributed by atoms with Crippen molar-refractivity contribution in [2.75, 3.05) is 0 Å². The van der Waals surface area contributed by atoms with E-state index in [2.05, 4.69) is 0 Å². The number of fused-ring (bicyclic) bond motifs is 1. The number of rotatable bonds is 0. The van der Waals surface area contributed by atoms with Crippen LogP contribution in [0.4, 0.5) is 4.39 Å². The van der Waals surface area contributed by atoms with Gasteiger partial charge < -0.3 is 5.11 Å². The highest BCUT2D eigenvalue weighted by atomic mass is 19.1. The third-order valence-corrected chi connectivity index (χ3v) is 1.82. The minimum absolute atomic E-state index is 0.297. The topological polar surface area (TPSA) is 20.2 Å². The molecule has 0 radical (unpaired) electrons. The normalized spacial score (nSPS) is 10.4. The molecule has 0 fully saturated rings. The Hall–Kier alpha value is -1.57. The van der Waals surface area contributed by atoms with Gasteiger partial charge in [0.2, 0.25) is 0 Å². The van der Waals surface area contributed by atoms with Gasteiger partial charge in [0.05, 0.1) is 0 Å². The lowest BCUT2D eigenvalue weighted by Crippen LogP contribution is -1.77. The summed E-state index contributed by atoms with van der Waals surface area (Å²) in [5.41, 5.74) is 0. The van der Waals surface area contributed by atoms with Gasteiger partial charge in [0.1, 0.15) is 0 Å². The van der Waals surface area contributed by atoms with Crippen molar-refractivity contribution in [2.45, 2.75) is 0 Å². The van der Waals surface area contributed by atoms with Crippen molar-refractivity contribution in [3.63, 3.8) is 0 Å². The fourth-order valence-corrected chi connectivity index (χ4v) is 1.20. The lowest BCUT2D eigenvalue weighted by molar-refractivity contribution is 0.434. The van der Waals surface area contributed by atoms with Crippen LogP contribution in [0, 0.1) is 5.82 Å². The van der Waals surface area contributed by atoms with Crippen LogP contribution in [0.2, 0.25) is 0 Å². The van der Waals surface area contributed by atoms with Crippen molar-refractivity contribution in [1.82, 2.24) is 0 Å². The molecule has 2 aromatic carbocycles. The van der Waals surface area contributed by atoms with Crippen LogP contribution in [-0.2, 0) is 0 Å². The third kappa shape index (κ3) is 1.01. The summed E-state index contributed by atoms with van der Waals surface area (Å²) in [5.74, 6) is -0.873. The molecule has 0 amide bonds. The van der Waals surface area contributed by atoms with Gasteiger partial charge in [-0.3, -0.25) is 0 Å². The Labute approximate surface area is 69.1 Å².